The molecule has 0 spiro atoms. The lowest BCUT2D eigenvalue weighted by Gasteiger charge is -2.08. The number of aliphatic hydroxyl groups excluding tert-OH is 1. The number of hydrogen-bond donors (Lipinski definition) is 1. The Balaban J connectivity index is 2.07. The molecule has 84 valence electrons. The standard InChI is InChI=1S/C12H12BrNOS/c1-8-2-3-10(14-6-8)5-11(15)9-4-12(13)16-7-9/h2-4,6-7,11,15H,5H2,1H3. The Morgan fingerprint density at radius 3 is 2.88 bits per heavy atom. The Morgan fingerprint density at radius 1 is 1.50 bits per heavy atom. The van der Waals surface area contributed by atoms with E-state index in [1.54, 1.807) is 11.3 Å². The van der Waals surface area contributed by atoms with Gasteiger partial charge in [-0.3, -0.25) is 4.98 Å². The van der Waals surface area contributed by atoms with Crippen LogP contribution < -0.4 is 0 Å². The largest absolute Gasteiger partial charge is 0.388 e. The van der Waals surface area contributed by atoms with Gasteiger partial charge in [0, 0.05) is 18.3 Å². The molecule has 1 unspecified atom stereocenters. The molecule has 0 amide bonds. The van der Waals surface area contributed by atoms with Crippen LogP contribution >= 0.6 is 27.3 Å². The third kappa shape index (κ3) is 2.90. The average molecular weight is 298 g/mol. The minimum atomic E-state index is -0.474. The van der Waals surface area contributed by atoms with Crippen molar-refractivity contribution >= 4 is 27.3 Å². The molecule has 1 N–H and O–H groups in total. The van der Waals surface area contributed by atoms with Crippen LogP contribution in [0.5, 0.6) is 0 Å². The zero-order chi connectivity index (χ0) is 11.5. The highest BCUT2D eigenvalue weighted by Gasteiger charge is 2.10. The zero-order valence-corrected chi connectivity index (χ0v) is 11.3. The highest BCUT2D eigenvalue weighted by Crippen LogP contribution is 2.26. The van der Waals surface area contributed by atoms with Crippen molar-refractivity contribution in [2.24, 2.45) is 0 Å². The highest BCUT2D eigenvalue weighted by molar-refractivity contribution is 9.11. The Labute approximate surface area is 107 Å². The summed E-state index contributed by atoms with van der Waals surface area (Å²) in [5, 5.41) is 12.0. The lowest BCUT2D eigenvalue weighted by Crippen LogP contribution is -2.02. The highest BCUT2D eigenvalue weighted by atomic mass is 79.9. The van der Waals surface area contributed by atoms with Gasteiger partial charge in [-0.2, -0.15) is 0 Å². The predicted molar refractivity (Wildman–Crippen MR) is 69.7 cm³/mol. The molecule has 0 saturated heterocycles. The summed E-state index contributed by atoms with van der Waals surface area (Å²) in [4.78, 5) is 4.28. The Hall–Kier alpha value is -0.710. The summed E-state index contributed by atoms with van der Waals surface area (Å²) in [5.41, 5.74) is 3.00. The minimum Gasteiger partial charge on any atom is -0.388 e. The maximum Gasteiger partial charge on any atom is 0.0853 e. The van der Waals surface area contributed by atoms with Gasteiger partial charge in [0.05, 0.1) is 9.89 Å². The molecule has 0 saturated carbocycles. The van der Waals surface area contributed by atoms with Crippen molar-refractivity contribution in [3.63, 3.8) is 0 Å². The van der Waals surface area contributed by atoms with Gasteiger partial charge in [0.1, 0.15) is 0 Å². The number of aromatic nitrogens is 1. The van der Waals surface area contributed by atoms with E-state index in [-0.39, 0.29) is 0 Å². The number of aryl methyl sites for hydroxylation is 1. The summed E-state index contributed by atoms with van der Waals surface area (Å²) in [5.74, 6) is 0. The van der Waals surface area contributed by atoms with Crippen LogP contribution in [0.4, 0.5) is 0 Å². The van der Waals surface area contributed by atoms with E-state index in [0.29, 0.717) is 6.42 Å². The van der Waals surface area contributed by atoms with Crippen molar-refractivity contribution in [2.75, 3.05) is 0 Å². The maximum atomic E-state index is 10.0. The van der Waals surface area contributed by atoms with E-state index < -0.39 is 6.10 Å². The number of rotatable bonds is 3. The number of hydrogen-bond acceptors (Lipinski definition) is 3. The summed E-state index contributed by atoms with van der Waals surface area (Å²) < 4.78 is 1.04. The number of nitrogens with zero attached hydrogens (tertiary/aromatic N) is 1. The van der Waals surface area contributed by atoms with E-state index in [2.05, 4.69) is 20.9 Å². The summed E-state index contributed by atoms with van der Waals surface area (Å²) in [7, 11) is 0. The molecule has 0 aliphatic carbocycles. The fraction of sp³-hybridized carbons (Fsp3) is 0.250. The van der Waals surface area contributed by atoms with Gasteiger partial charge in [-0.15, -0.1) is 11.3 Å². The summed E-state index contributed by atoms with van der Waals surface area (Å²) in [6, 6.07) is 5.92. The monoisotopic (exact) mass is 297 g/mol. The normalized spacial score (nSPS) is 12.7. The van der Waals surface area contributed by atoms with Crippen LogP contribution in [-0.2, 0) is 6.42 Å². The van der Waals surface area contributed by atoms with Crippen molar-refractivity contribution in [2.45, 2.75) is 19.4 Å². The van der Waals surface area contributed by atoms with Crippen molar-refractivity contribution < 1.29 is 5.11 Å². The molecule has 0 radical (unpaired) electrons. The lowest BCUT2D eigenvalue weighted by atomic mass is 10.1. The maximum absolute atomic E-state index is 10.0. The van der Waals surface area contributed by atoms with E-state index in [1.165, 1.54) is 0 Å². The van der Waals surface area contributed by atoms with Crippen LogP contribution in [0.15, 0.2) is 33.6 Å². The Bertz CT molecular complexity index is 466. The summed E-state index contributed by atoms with van der Waals surface area (Å²) in [6.07, 6.45) is 1.91. The molecule has 16 heavy (non-hydrogen) atoms. The van der Waals surface area contributed by atoms with Crippen molar-refractivity contribution in [1.29, 1.82) is 0 Å². The third-order valence-corrected chi connectivity index (χ3v) is 3.87. The van der Waals surface area contributed by atoms with Gasteiger partial charge in [-0.05, 0) is 51.5 Å². The minimum absolute atomic E-state index is 0.474. The van der Waals surface area contributed by atoms with E-state index in [1.807, 2.05) is 36.7 Å². The fourth-order valence-corrected chi connectivity index (χ4v) is 2.66. The summed E-state index contributed by atoms with van der Waals surface area (Å²) >= 11 is 4.97. The molecule has 0 aromatic carbocycles. The van der Waals surface area contributed by atoms with Crippen LogP contribution in [0.1, 0.15) is 22.9 Å². The molecule has 0 aliphatic rings. The molecule has 2 aromatic heterocycles. The molecule has 2 nitrogen and oxygen atoms in total. The predicted octanol–water partition coefficient (Wildman–Crippen LogP) is 3.49. The quantitative estimate of drug-likeness (QED) is 0.941. The molecule has 0 aliphatic heterocycles. The van der Waals surface area contributed by atoms with Gasteiger partial charge in [0.15, 0.2) is 0 Å². The third-order valence-electron chi connectivity index (χ3n) is 2.35. The number of thiophene rings is 1. The van der Waals surface area contributed by atoms with Crippen LogP contribution in [-0.4, -0.2) is 10.1 Å². The molecule has 4 heteroatoms. The van der Waals surface area contributed by atoms with E-state index in [4.69, 9.17) is 0 Å². The van der Waals surface area contributed by atoms with Crippen LogP contribution in [0.25, 0.3) is 0 Å². The molecular weight excluding hydrogens is 286 g/mol. The van der Waals surface area contributed by atoms with Crippen molar-refractivity contribution in [3.05, 3.63) is 50.4 Å². The van der Waals surface area contributed by atoms with E-state index >= 15 is 0 Å². The Kier molecular flexibility index (Phi) is 3.74. The van der Waals surface area contributed by atoms with Gasteiger partial charge in [-0.1, -0.05) is 6.07 Å². The first-order valence-corrected chi connectivity index (χ1v) is 6.66. The molecular formula is C12H12BrNOS. The first-order chi connectivity index (χ1) is 7.65. The Morgan fingerprint density at radius 2 is 2.31 bits per heavy atom. The smallest absolute Gasteiger partial charge is 0.0853 e. The topological polar surface area (TPSA) is 33.1 Å². The fourth-order valence-electron chi connectivity index (χ4n) is 1.43. The summed E-state index contributed by atoms with van der Waals surface area (Å²) in [6.45, 7) is 2.00. The second-order valence-electron chi connectivity index (χ2n) is 3.73. The first-order valence-electron chi connectivity index (χ1n) is 4.98. The van der Waals surface area contributed by atoms with Crippen molar-refractivity contribution in [1.82, 2.24) is 4.98 Å². The number of aliphatic hydroxyl groups is 1. The van der Waals surface area contributed by atoms with Crippen LogP contribution in [0, 0.1) is 6.92 Å². The first kappa shape index (κ1) is 11.8. The van der Waals surface area contributed by atoms with E-state index in [0.717, 1.165) is 20.6 Å². The van der Waals surface area contributed by atoms with Gasteiger partial charge < -0.3 is 5.11 Å². The van der Waals surface area contributed by atoms with Gasteiger partial charge in [-0.25, -0.2) is 0 Å². The van der Waals surface area contributed by atoms with Gasteiger partial charge >= 0.3 is 0 Å². The average Bonchev–Trinajstić information content (AvgIpc) is 2.68. The van der Waals surface area contributed by atoms with Crippen LogP contribution in [0.3, 0.4) is 0 Å². The SMILES string of the molecule is Cc1ccc(CC(O)c2csc(Br)c2)nc1. The number of pyridine rings is 1. The number of halogens is 1. The van der Waals surface area contributed by atoms with Crippen LogP contribution in [0.2, 0.25) is 0 Å². The molecule has 2 heterocycles. The lowest BCUT2D eigenvalue weighted by molar-refractivity contribution is 0.177. The zero-order valence-electron chi connectivity index (χ0n) is 8.85. The second-order valence-corrected chi connectivity index (χ2v) is 6.02. The molecule has 1 atom stereocenters. The molecule has 2 rings (SSSR count). The second kappa shape index (κ2) is 5.08. The molecule has 2 aromatic rings. The van der Waals surface area contributed by atoms with E-state index in [9.17, 15) is 5.11 Å². The van der Waals surface area contributed by atoms with Crippen molar-refractivity contribution in [3.8, 4) is 0 Å². The molecule has 0 bridgehead atoms. The van der Waals surface area contributed by atoms with Gasteiger partial charge in [0.25, 0.3) is 0 Å². The molecule has 0 fully saturated rings. The van der Waals surface area contributed by atoms with Gasteiger partial charge in [0.2, 0.25) is 0 Å².